The molecule has 0 unspecified atom stereocenters. The molecule has 142 valence electrons. The molecule has 5 nitrogen and oxygen atoms in total. The Morgan fingerprint density at radius 3 is 2.83 bits per heavy atom. The Bertz CT molecular complexity index is 1310. The maximum absolute atomic E-state index is 4.88. The summed E-state index contributed by atoms with van der Waals surface area (Å²) >= 11 is 0. The van der Waals surface area contributed by atoms with Gasteiger partial charge in [-0.05, 0) is 48.2 Å². The molecule has 1 fully saturated rings. The first-order chi connectivity index (χ1) is 14.3. The fourth-order valence-electron chi connectivity index (χ4n) is 4.28. The zero-order chi connectivity index (χ0) is 19.2. The van der Waals surface area contributed by atoms with Gasteiger partial charge in [0.05, 0.1) is 11.7 Å². The number of pyridine rings is 3. The summed E-state index contributed by atoms with van der Waals surface area (Å²) in [4.78, 5) is 12.5. The molecule has 6 rings (SSSR count). The predicted molar refractivity (Wildman–Crippen MR) is 115 cm³/mol. The van der Waals surface area contributed by atoms with Crippen molar-refractivity contribution < 1.29 is 0 Å². The van der Waals surface area contributed by atoms with E-state index in [4.69, 9.17) is 4.98 Å². The molecule has 29 heavy (non-hydrogen) atoms. The highest BCUT2D eigenvalue weighted by Gasteiger charge is 2.19. The maximum Gasteiger partial charge on any atom is 0.138 e. The second kappa shape index (κ2) is 6.55. The highest BCUT2D eigenvalue weighted by atomic mass is 15.2. The Hall–Kier alpha value is -3.47. The fourth-order valence-corrected chi connectivity index (χ4v) is 4.28. The van der Waals surface area contributed by atoms with E-state index in [1.807, 2.05) is 29.2 Å². The third-order valence-corrected chi connectivity index (χ3v) is 6.12. The third-order valence-electron chi connectivity index (χ3n) is 6.12. The molecule has 1 saturated carbocycles. The lowest BCUT2D eigenvalue weighted by atomic mass is 9.82. The van der Waals surface area contributed by atoms with Crippen LogP contribution in [0.4, 0.5) is 0 Å². The molecule has 1 aliphatic rings. The molecule has 0 saturated heterocycles. The zero-order valence-corrected chi connectivity index (χ0v) is 16.0. The van der Waals surface area contributed by atoms with E-state index in [0.717, 1.165) is 45.6 Å². The predicted octanol–water partition coefficient (Wildman–Crippen LogP) is 5.28. The number of aromatic nitrogens is 5. The van der Waals surface area contributed by atoms with Gasteiger partial charge < -0.3 is 4.98 Å². The average molecular weight is 379 g/mol. The van der Waals surface area contributed by atoms with Crippen molar-refractivity contribution >= 4 is 16.6 Å². The number of H-pyrrole nitrogens is 1. The summed E-state index contributed by atoms with van der Waals surface area (Å²) in [7, 11) is 0. The number of nitrogens with one attached hydrogen (secondary N) is 1. The average Bonchev–Trinajstić information content (AvgIpc) is 3.34. The molecule has 5 aromatic rings. The maximum atomic E-state index is 4.88. The van der Waals surface area contributed by atoms with E-state index in [9.17, 15) is 0 Å². The Labute approximate surface area is 168 Å². The Morgan fingerprint density at radius 2 is 2.00 bits per heavy atom. The highest BCUT2D eigenvalue weighted by Crippen LogP contribution is 2.33. The quantitative estimate of drug-likeness (QED) is 0.462. The number of hydrogen-bond donors (Lipinski definition) is 1. The van der Waals surface area contributed by atoms with Crippen molar-refractivity contribution in [2.24, 2.45) is 5.92 Å². The summed E-state index contributed by atoms with van der Waals surface area (Å²) in [5.41, 5.74) is 7.71. The number of hydrogen-bond acceptors (Lipinski definition) is 3. The zero-order valence-electron chi connectivity index (χ0n) is 16.0. The van der Waals surface area contributed by atoms with Crippen molar-refractivity contribution in [3.05, 3.63) is 73.1 Å². The van der Waals surface area contributed by atoms with Gasteiger partial charge in [0.1, 0.15) is 5.65 Å². The molecule has 5 aromatic heterocycles. The van der Waals surface area contributed by atoms with Crippen LogP contribution in [0.5, 0.6) is 0 Å². The van der Waals surface area contributed by atoms with Crippen LogP contribution in [0.1, 0.15) is 25.0 Å². The van der Waals surface area contributed by atoms with Gasteiger partial charge in [0.25, 0.3) is 0 Å². The van der Waals surface area contributed by atoms with Crippen LogP contribution >= 0.6 is 0 Å². The Morgan fingerprint density at radius 1 is 1.03 bits per heavy atom. The van der Waals surface area contributed by atoms with Crippen LogP contribution in [0.25, 0.3) is 38.8 Å². The molecule has 1 aliphatic carbocycles. The molecule has 5 heteroatoms. The van der Waals surface area contributed by atoms with Gasteiger partial charge in [0.15, 0.2) is 0 Å². The standard InChI is InChI=1S/C24H21N5/c1-3-16(4-1)11-19-6-7-20-21(14-26-24(20)28-19)17-8-10-29-23(12-17)22(15-27-29)18-5-2-9-25-13-18/h2,5-10,12-16H,1,3-4,11H2,(H,26,28). The SMILES string of the molecule is c1cncc(-c2cnn3ccc(-c4c[nH]c5nc(CC6CCC6)ccc45)cc23)c1. The van der Waals surface area contributed by atoms with Gasteiger partial charge in [-0.15, -0.1) is 0 Å². The van der Waals surface area contributed by atoms with E-state index in [1.54, 1.807) is 6.20 Å². The monoisotopic (exact) mass is 379 g/mol. The first-order valence-corrected chi connectivity index (χ1v) is 10.2. The minimum absolute atomic E-state index is 0.824. The van der Waals surface area contributed by atoms with Crippen LogP contribution in [0.2, 0.25) is 0 Å². The fraction of sp³-hybridized carbons (Fsp3) is 0.208. The number of fused-ring (bicyclic) bond motifs is 2. The molecule has 0 bridgehead atoms. The van der Waals surface area contributed by atoms with Crippen molar-refractivity contribution in [2.75, 3.05) is 0 Å². The van der Waals surface area contributed by atoms with Crippen LogP contribution in [0, 0.1) is 5.92 Å². The second-order valence-electron chi connectivity index (χ2n) is 7.95. The summed E-state index contributed by atoms with van der Waals surface area (Å²) < 4.78 is 1.91. The van der Waals surface area contributed by atoms with Gasteiger partial charge >= 0.3 is 0 Å². The van der Waals surface area contributed by atoms with Crippen molar-refractivity contribution in [3.63, 3.8) is 0 Å². The minimum Gasteiger partial charge on any atom is -0.346 e. The summed E-state index contributed by atoms with van der Waals surface area (Å²) in [6, 6.07) is 12.7. The summed E-state index contributed by atoms with van der Waals surface area (Å²) in [5, 5.41) is 5.66. The molecule has 0 spiro atoms. The second-order valence-corrected chi connectivity index (χ2v) is 7.95. The van der Waals surface area contributed by atoms with E-state index in [1.165, 1.54) is 30.5 Å². The van der Waals surface area contributed by atoms with Gasteiger partial charge in [-0.3, -0.25) is 4.98 Å². The van der Waals surface area contributed by atoms with Crippen LogP contribution in [-0.4, -0.2) is 24.6 Å². The van der Waals surface area contributed by atoms with Crippen molar-refractivity contribution in [1.82, 2.24) is 24.6 Å². The molecule has 0 atom stereocenters. The summed E-state index contributed by atoms with van der Waals surface area (Å²) in [5.74, 6) is 0.824. The largest absolute Gasteiger partial charge is 0.346 e. The lowest BCUT2D eigenvalue weighted by Gasteiger charge is -2.24. The lowest BCUT2D eigenvalue weighted by Crippen LogP contribution is -2.14. The van der Waals surface area contributed by atoms with Crippen molar-refractivity contribution in [2.45, 2.75) is 25.7 Å². The molecule has 0 aromatic carbocycles. The van der Waals surface area contributed by atoms with E-state index in [0.29, 0.717) is 0 Å². The van der Waals surface area contributed by atoms with E-state index in [2.05, 4.69) is 51.6 Å². The van der Waals surface area contributed by atoms with Crippen LogP contribution < -0.4 is 0 Å². The first kappa shape index (κ1) is 16.5. The van der Waals surface area contributed by atoms with Crippen molar-refractivity contribution in [3.8, 4) is 22.3 Å². The molecule has 0 radical (unpaired) electrons. The molecule has 0 amide bonds. The van der Waals surface area contributed by atoms with Crippen LogP contribution in [0.3, 0.4) is 0 Å². The van der Waals surface area contributed by atoms with Crippen LogP contribution in [0.15, 0.2) is 67.4 Å². The molecule has 1 N–H and O–H groups in total. The Kier molecular flexibility index (Phi) is 3.72. The normalized spacial score (nSPS) is 14.5. The lowest BCUT2D eigenvalue weighted by molar-refractivity contribution is 0.312. The third kappa shape index (κ3) is 2.81. The number of aromatic amines is 1. The van der Waals surface area contributed by atoms with E-state index < -0.39 is 0 Å². The number of rotatable bonds is 4. The van der Waals surface area contributed by atoms with Gasteiger partial charge in [-0.25, -0.2) is 9.50 Å². The van der Waals surface area contributed by atoms with Gasteiger partial charge in [0, 0.05) is 52.6 Å². The van der Waals surface area contributed by atoms with Gasteiger partial charge in [-0.1, -0.05) is 25.3 Å². The van der Waals surface area contributed by atoms with E-state index >= 15 is 0 Å². The van der Waals surface area contributed by atoms with Gasteiger partial charge in [-0.2, -0.15) is 5.10 Å². The first-order valence-electron chi connectivity index (χ1n) is 10.2. The smallest absolute Gasteiger partial charge is 0.138 e. The molecular weight excluding hydrogens is 358 g/mol. The molecular formula is C24H21N5. The summed E-state index contributed by atoms with van der Waals surface area (Å²) in [6.07, 6.45) is 14.8. The van der Waals surface area contributed by atoms with Gasteiger partial charge in [0.2, 0.25) is 0 Å². The Balaban J connectivity index is 1.42. The van der Waals surface area contributed by atoms with E-state index in [-0.39, 0.29) is 0 Å². The van der Waals surface area contributed by atoms with Crippen molar-refractivity contribution in [1.29, 1.82) is 0 Å². The van der Waals surface area contributed by atoms with Crippen LogP contribution in [-0.2, 0) is 6.42 Å². The highest BCUT2D eigenvalue weighted by molar-refractivity contribution is 5.95. The minimum atomic E-state index is 0.824. The molecule has 0 aliphatic heterocycles. The number of nitrogens with zero attached hydrogens (tertiary/aromatic N) is 4. The summed E-state index contributed by atoms with van der Waals surface area (Å²) in [6.45, 7) is 0. The topological polar surface area (TPSA) is 58.9 Å². The molecule has 5 heterocycles.